The molecule has 1 spiro atoms. The molecule has 3 heterocycles. The topological polar surface area (TPSA) is 32.8 Å². The van der Waals surface area contributed by atoms with Gasteiger partial charge in [-0.1, -0.05) is 0 Å². The van der Waals surface area contributed by atoms with E-state index in [4.69, 9.17) is 4.74 Å². The zero-order valence-corrected chi connectivity index (χ0v) is 15.2. The predicted octanol–water partition coefficient (Wildman–Crippen LogP) is 2.64. The predicted molar refractivity (Wildman–Crippen MR) is 96.3 cm³/mol. The molecule has 1 aromatic rings. The summed E-state index contributed by atoms with van der Waals surface area (Å²) in [6.07, 6.45) is 5.64. The second-order valence-electron chi connectivity index (χ2n) is 7.96. The Morgan fingerprint density at radius 2 is 2.25 bits per heavy atom. The average Bonchev–Trinajstić information content (AvgIpc) is 3.29. The lowest BCUT2D eigenvalue weighted by Gasteiger charge is -2.43. The van der Waals surface area contributed by atoms with Crippen molar-refractivity contribution in [2.45, 2.75) is 32.1 Å². The fourth-order valence-electron chi connectivity index (χ4n) is 4.25. The van der Waals surface area contributed by atoms with Crippen LogP contribution in [0.3, 0.4) is 0 Å². The molecule has 0 bridgehead atoms. The Balaban J connectivity index is 1.40. The molecule has 1 aliphatic carbocycles. The van der Waals surface area contributed by atoms with E-state index in [1.165, 1.54) is 25.8 Å². The molecule has 1 amide bonds. The first-order chi connectivity index (χ1) is 11.7. The molecule has 2 aliphatic heterocycles. The molecule has 4 rings (SSSR count). The number of ether oxygens (including phenoxy) is 1. The number of likely N-dealkylation sites (tertiary alicyclic amines) is 1. The normalized spacial score (nSPS) is 28.9. The van der Waals surface area contributed by atoms with Crippen molar-refractivity contribution in [2.24, 2.45) is 11.3 Å². The van der Waals surface area contributed by atoms with Crippen LogP contribution >= 0.6 is 11.3 Å². The zero-order valence-electron chi connectivity index (χ0n) is 14.4. The molecule has 0 unspecified atom stereocenters. The van der Waals surface area contributed by atoms with Gasteiger partial charge in [0.05, 0.1) is 19.6 Å². The van der Waals surface area contributed by atoms with Gasteiger partial charge in [0, 0.05) is 38.1 Å². The Morgan fingerprint density at radius 3 is 3.04 bits per heavy atom. The summed E-state index contributed by atoms with van der Waals surface area (Å²) >= 11 is 1.67. The van der Waals surface area contributed by atoms with Gasteiger partial charge >= 0.3 is 0 Å². The number of hydrogen-bond donors (Lipinski definition) is 0. The first-order valence-corrected chi connectivity index (χ1v) is 10.3. The minimum absolute atomic E-state index is 0.147. The molecule has 1 aromatic heterocycles. The number of rotatable bonds is 4. The van der Waals surface area contributed by atoms with Crippen molar-refractivity contribution in [2.75, 3.05) is 45.9 Å². The third kappa shape index (κ3) is 4.01. The van der Waals surface area contributed by atoms with Crippen LogP contribution in [0.25, 0.3) is 0 Å². The highest BCUT2D eigenvalue weighted by atomic mass is 32.1. The maximum atomic E-state index is 12.7. The van der Waals surface area contributed by atoms with Gasteiger partial charge < -0.3 is 14.5 Å². The Bertz CT molecular complexity index is 558. The molecular formula is C19H28N2O2S. The largest absolute Gasteiger partial charge is 0.379 e. The number of piperidine rings is 1. The third-order valence-corrected chi connectivity index (χ3v) is 6.41. The van der Waals surface area contributed by atoms with Crippen molar-refractivity contribution in [1.29, 1.82) is 0 Å². The van der Waals surface area contributed by atoms with Gasteiger partial charge in [-0.25, -0.2) is 0 Å². The minimum Gasteiger partial charge on any atom is -0.379 e. The summed E-state index contributed by atoms with van der Waals surface area (Å²) in [4.78, 5) is 17.4. The molecule has 3 fully saturated rings. The van der Waals surface area contributed by atoms with Crippen LogP contribution < -0.4 is 0 Å². The summed E-state index contributed by atoms with van der Waals surface area (Å²) < 4.78 is 5.98. The lowest BCUT2D eigenvalue weighted by atomic mass is 9.80. The SMILES string of the molecule is O=C(Cc1ccsc1)N1CCC[C@]2(COCCN(CC3CC3)C2)C1. The first-order valence-electron chi connectivity index (χ1n) is 9.31. The molecule has 1 saturated carbocycles. The van der Waals surface area contributed by atoms with Gasteiger partial charge in [-0.15, -0.1) is 0 Å². The molecule has 132 valence electrons. The average molecular weight is 349 g/mol. The molecule has 3 aliphatic rings. The van der Waals surface area contributed by atoms with Gasteiger partial charge in [0.1, 0.15) is 0 Å². The summed E-state index contributed by atoms with van der Waals surface area (Å²) in [6.45, 7) is 6.83. The van der Waals surface area contributed by atoms with Crippen LogP contribution in [-0.4, -0.2) is 61.6 Å². The van der Waals surface area contributed by atoms with Crippen LogP contribution in [0.1, 0.15) is 31.2 Å². The van der Waals surface area contributed by atoms with E-state index in [1.807, 2.05) is 0 Å². The van der Waals surface area contributed by atoms with Crippen LogP contribution in [0, 0.1) is 11.3 Å². The Morgan fingerprint density at radius 1 is 1.33 bits per heavy atom. The summed E-state index contributed by atoms with van der Waals surface area (Å²) in [6, 6.07) is 2.06. The van der Waals surface area contributed by atoms with E-state index in [0.29, 0.717) is 6.42 Å². The van der Waals surface area contributed by atoms with E-state index >= 15 is 0 Å². The van der Waals surface area contributed by atoms with Gasteiger partial charge in [-0.05, 0) is 54.0 Å². The maximum Gasteiger partial charge on any atom is 0.227 e. The highest BCUT2D eigenvalue weighted by molar-refractivity contribution is 7.07. The van der Waals surface area contributed by atoms with E-state index in [1.54, 1.807) is 11.3 Å². The second-order valence-corrected chi connectivity index (χ2v) is 8.74. The van der Waals surface area contributed by atoms with Crippen LogP contribution in [0.4, 0.5) is 0 Å². The maximum absolute atomic E-state index is 12.7. The fraction of sp³-hybridized carbons (Fsp3) is 0.737. The van der Waals surface area contributed by atoms with Crippen molar-refractivity contribution in [3.63, 3.8) is 0 Å². The van der Waals surface area contributed by atoms with Gasteiger partial charge in [0.2, 0.25) is 5.91 Å². The molecule has 0 aromatic carbocycles. The molecule has 2 saturated heterocycles. The van der Waals surface area contributed by atoms with Crippen molar-refractivity contribution in [3.8, 4) is 0 Å². The summed E-state index contributed by atoms with van der Waals surface area (Å²) in [5, 5.41) is 4.14. The number of carbonyl (C=O) groups excluding carboxylic acids is 1. The smallest absolute Gasteiger partial charge is 0.227 e. The van der Waals surface area contributed by atoms with E-state index in [0.717, 1.165) is 57.3 Å². The number of thiophene rings is 1. The molecule has 24 heavy (non-hydrogen) atoms. The standard InChI is InChI=1S/C19H28N2O2S/c22-18(10-17-4-9-24-12-17)21-6-1-5-19(14-21)13-20(7-8-23-15-19)11-16-2-3-16/h4,9,12,16H,1-3,5-8,10-11,13-15H2/t19-/m1/s1. The molecular weight excluding hydrogens is 320 g/mol. The third-order valence-electron chi connectivity index (χ3n) is 5.68. The zero-order chi connectivity index (χ0) is 16.4. The van der Waals surface area contributed by atoms with Crippen LogP contribution in [0.5, 0.6) is 0 Å². The quantitative estimate of drug-likeness (QED) is 0.839. The highest BCUT2D eigenvalue weighted by Gasteiger charge is 2.41. The van der Waals surface area contributed by atoms with E-state index in [-0.39, 0.29) is 11.3 Å². The van der Waals surface area contributed by atoms with Crippen molar-refractivity contribution in [1.82, 2.24) is 9.80 Å². The van der Waals surface area contributed by atoms with Crippen molar-refractivity contribution < 1.29 is 9.53 Å². The monoisotopic (exact) mass is 348 g/mol. The summed E-state index contributed by atoms with van der Waals surface area (Å²) in [5.41, 5.74) is 1.30. The lowest BCUT2D eigenvalue weighted by molar-refractivity contribution is -0.135. The summed E-state index contributed by atoms with van der Waals surface area (Å²) in [5.74, 6) is 1.20. The van der Waals surface area contributed by atoms with Crippen molar-refractivity contribution in [3.05, 3.63) is 22.4 Å². The van der Waals surface area contributed by atoms with Gasteiger partial charge in [0.25, 0.3) is 0 Å². The minimum atomic E-state index is 0.147. The van der Waals surface area contributed by atoms with Gasteiger partial charge in [0.15, 0.2) is 0 Å². The molecule has 0 radical (unpaired) electrons. The number of nitrogens with zero attached hydrogens (tertiary/aromatic N) is 2. The van der Waals surface area contributed by atoms with Crippen LogP contribution in [0.15, 0.2) is 16.8 Å². The Kier molecular flexibility index (Phi) is 4.93. The Labute approximate surface area is 148 Å². The van der Waals surface area contributed by atoms with E-state index in [2.05, 4.69) is 26.6 Å². The van der Waals surface area contributed by atoms with Crippen LogP contribution in [0.2, 0.25) is 0 Å². The lowest BCUT2D eigenvalue weighted by Crippen LogP contribution is -2.52. The second kappa shape index (κ2) is 7.14. The number of amides is 1. The molecule has 4 nitrogen and oxygen atoms in total. The molecule has 5 heteroatoms. The van der Waals surface area contributed by atoms with Crippen molar-refractivity contribution >= 4 is 17.2 Å². The molecule has 0 N–H and O–H groups in total. The summed E-state index contributed by atoms with van der Waals surface area (Å²) in [7, 11) is 0. The van der Waals surface area contributed by atoms with Crippen LogP contribution in [-0.2, 0) is 16.0 Å². The Hall–Kier alpha value is -0.910. The number of carbonyl (C=O) groups is 1. The van der Waals surface area contributed by atoms with Gasteiger partial charge in [-0.3, -0.25) is 4.79 Å². The number of hydrogen-bond acceptors (Lipinski definition) is 4. The van der Waals surface area contributed by atoms with E-state index in [9.17, 15) is 4.79 Å². The first kappa shape index (κ1) is 16.6. The molecule has 1 atom stereocenters. The highest BCUT2D eigenvalue weighted by Crippen LogP contribution is 2.36. The van der Waals surface area contributed by atoms with E-state index < -0.39 is 0 Å². The van der Waals surface area contributed by atoms with Gasteiger partial charge in [-0.2, -0.15) is 11.3 Å². The fourth-order valence-corrected chi connectivity index (χ4v) is 4.92.